The molecule has 1 saturated heterocycles. The van der Waals surface area contributed by atoms with Gasteiger partial charge in [0.2, 0.25) is 0 Å². The quantitative estimate of drug-likeness (QED) is 0.503. The monoisotopic (exact) mass is 447 g/mol. The van der Waals surface area contributed by atoms with E-state index < -0.39 is 0 Å². The normalized spacial score (nSPS) is 14.9. The number of furan rings is 1. The predicted molar refractivity (Wildman–Crippen MR) is 128 cm³/mol. The Balaban J connectivity index is 1.25. The maximum Gasteiger partial charge on any atom is 0.289 e. The largest absolute Gasteiger partial charge is 0.485 e. The summed E-state index contributed by atoms with van der Waals surface area (Å²) in [6.45, 7) is 7.37. The zero-order valence-electron chi connectivity index (χ0n) is 19.8. The molecule has 3 heterocycles. The Morgan fingerprint density at radius 2 is 1.97 bits per heavy atom. The van der Waals surface area contributed by atoms with Crippen molar-refractivity contribution in [3.63, 3.8) is 0 Å². The van der Waals surface area contributed by atoms with Gasteiger partial charge in [0.1, 0.15) is 18.1 Å². The van der Waals surface area contributed by atoms with Crippen molar-refractivity contribution < 1.29 is 13.9 Å². The highest BCUT2D eigenvalue weighted by Crippen LogP contribution is 2.22. The van der Waals surface area contributed by atoms with E-state index in [1.54, 1.807) is 6.07 Å². The smallest absolute Gasteiger partial charge is 0.289 e. The number of piperidine rings is 1. The number of hydrogen-bond acceptors (Lipinski definition) is 5. The van der Waals surface area contributed by atoms with E-state index in [2.05, 4.69) is 28.9 Å². The lowest BCUT2D eigenvalue weighted by molar-refractivity contribution is 0.0609. The third kappa shape index (κ3) is 6.02. The number of hydrogen-bond donors (Lipinski definition) is 0. The molecule has 0 atom stereocenters. The van der Waals surface area contributed by atoms with Gasteiger partial charge < -0.3 is 19.0 Å². The van der Waals surface area contributed by atoms with Gasteiger partial charge in [-0.1, -0.05) is 23.8 Å². The molecule has 1 aromatic carbocycles. The first-order valence-electron chi connectivity index (χ1n) is 11.7. The zero-order valence-corrected chi connectivity index (χ0v) is 19.8. The van der Waals surface area contributed by atoms with Crippen molar-refractivity contribution >= 4 is 5.91 Å². The van der Waals surface area contributed by atoms with Gasteiger partial charge in [-0.3, -0.25) is 9.78 Å². The average molecular weight is 448 g/mol. The minimum absolute atomic E-state index is 0.0697. The van der Waals surface area contributed by atoms with E-state index in [-0.39, 0.29) is 11.9 Å². The number of rotatable bonds is 8. The maximum atomic E-state index is 13.0. The summed E-state index contributed by atoms with van der Waals surface area (Å²) in [6.07, 6.45) is 4.74. The number of ether oxygens (including phenoxy) is 1. The summed E-state index contributed by atoms with van der Waals surface area (Å²) in [5, 5.41) is 0. The molecule has 6 nitrogen and oxygen atoms in total. The average Bonchev–Trinajstić information content (AvgIpc) is 3.31. The van der Waals surface area contributed by atoms with Crippen molar-refractivity contribution in [2.24, 2.45) is 0 Å². The van der Waals surface area contributed by atoms with Crippen LogP contribution >= 0.6 is 0 Å². The summed E-state index contributed by atoms with van der Waals surface area (Å²) >= 11 is 0. The van der Waals surface area contributed by atoms with Crippen LogP contribution in [0.25, 0.3) is 0 Å². The second-order valence-electron chi connectivity index (χ2n) is 8.88. The lowest BCUT2D eigenvalue weighted by Crippen LogP contribution is -2.46. The van der Waals surface area contributed by atoms with Crippen molar-refractivity contribution in [1.29, 1.82) is 0 Å². The molecule has 174 valence electrons. The van der Waals surface area contributed by atoms with Crippen LogP contribution in [-0.2, 0) is 13.0 Å². The van der Waals surface area contributed by atoms with Gasteiger partial charge in [-0.2, -0.15) is 0 Å². The molecule has 0 spiro atoms. The lowest BCUT2D eigenvalue weighted by atomic mass is 10.0. The SMILES string of the molecule is Cc1ccc(OCc2ccc(C(=O)N(C)C3CCN(CCc4ccccn4)CC3)o2)c(C)c1. The molecule has 0 saturated carbocycles. The predicted octanol–water partition coefficient (Wildman–Crippen LogP) is 4.65. The van der Waals surface area contributed by atoms with E-state index in [0.29, 0.717) is 18.1 Å². The van der Waals surface area contributed by atoms with Crippen molar-refractivity contribution in [1.82, 2.24) is 14.8 Å². The highest BCUT2D eigenvalue weighted by atomic mass is 16.5. The number of carbonyl (C=O) groups is 1. The third-order valence-electron chi connectivity index (χ3n) is 6.41. The molecule has 0 unspecified atom stereocenters. The van der Waals surface area contributed by atoms with Crippen LogP contribution in [0.3, 0.4) is 0 Å². The first-order valence-corrected chi connectivity index (χ1v) is 11.7. The van der Waals surface area contributed by atoms with Crippen LogP contribution in [0.4, 0.5) is 0 Å². The number of pyridine rings is 1. The van der Waals surface area contributed by atoms with Crippen molar-refractivity contribution in [3.8, 4) is 5.75 Å². The minimum Gasteiger partial charge on any atom is -0.485 e. The molecule has 0 aliphatic carbocycles. The molecule has 1 amide bonds. The maximum absolute atomic E-state index is 13.0. The lowest BCUT2D eigenvalue weighted by Gasteiger charge is -2.36. The van der Waals surface area contributed by atoms with Gasteiger partial charge in [-0.15, -0.1) is 0 Å². The molecule has 3 aromatic rings. The van der Waals surface area contributed by atoms with Gasteiger partial charge in [0.05, 0.1) is 0 Å². The van der Waals surface area contributed by atoms with Crippen LogP contribution in [0.1, 0.15) is 46.0 Å². The molecule has 0 N–H and O–H groups in total. The first kappa shape index (κ1) is 23.1. The third-order valence-corrected chi connectivity index (χ3v) is 6.41. The fourth-order valence-corrected chi connectivity index (χ4v) is 4.37. The number of nitrogens with zero attached hydrogens (tertiary/aromatic N) is 3. The number of benzene rings is 1. The summed E-state index contributed by atoms with van der Waals surface area (Å²) in [6, 6.07) is 15.9. The Kier molecular flexibility index (Phi) is 7.45. The standard InChI is InChI=1S/C27H33N3O3/c1-20-7-9-25(21(2)18-20)32-19-24-8-10-26(33-24)27(31)29(3)23-12-16-30(17-13-23)15-11-22-6-4-5-14-28-22/h4-10,14,18,23H,11-13,15-17,19H2,1-3H3. The Morgan fingerprint density at radius 3 is 2.70 bits per heavy atom. The van der Waals surface area contributed by atoms with Gasteiger partial charge in [-0.05, 0) is 62.6 Å². The molecule has 1 aliphatic rings. The van der Waals surface area contributed by atoms with Crippen molar-refractivity contribution in [3.05, 3.63) is 83.1 Å². The zero-order chi connectivity index (χ0) is 23.2. The fourth-order valence-electron chi connectivity index (χ4n) is 4.37. The summed E-state index contributed by atoms with van der Waals surface area (Å²) in [4.78, 5) is 21.7. The van der Waals surface area contributed by atoms with Crippen LogP contribution in [0.5, 0.6) is 5.75 Å². The molecule has 33 heavy (non-hydrogen) atoms. The number of carbonyl (C=O) groups excluding carboxylic acids is 1. The molecule has 0 radical (unpaired) electrons. The van der Waals surface area contributed by atoms with Crippen molar-refractivity contribution in [2.75, 3.05) is 26.7 Å². The molecule has 6 heteroatoms. The molecular formula is C27H33N3O3. The Morgan fingerprint density at radius 1 is 1.15 bits per heavy atom. The van der Waals surface area contributed by atoms with Gasteiger partial charge >= 0.3 is 0 Å². The Bertz CT molecular complexity index is 1060. The highest BCUT2D eigenvalue weighted by Gasteiger charge is 2.27. The number of aryl methyl sites for hydroxylation is 2. The minimum atomic E-state index is -0.0697. The summed E-state index contributed by atoms with van der Waals surface area (Å²) in [5.41, 5.74) is 3.42. The topological polar surface area (TPSA) is 58.8 Å². The molecule has 0 bridgehead atoms. The van der Waals surface area contributed by atoms with E-state index in [0.717, 1.165) is 55.9 Å². The molecule has 1 aliphatic heterocycles. The Labute approximate surface area is 196 Å². The second-order valence-corrected chi connectivity index (χ2v) is 8.88. The molecular weight excluding hydrogens is 414 g/mol. The van der Waals surface area contributed by atoms with Gasteiger partial charge in [0.25, 0.3) is 5.91 Å². The molecule has 2 aromatic heterocycles. The van der Waals surface area contributed by atoms with Gasteiger partial charge in [0.15, 0.2) is 5.76 Å². The number of amides is 1. The molecule has 1 fully saturated rings. The summed E-state index contributed by atoms with van der Waals surface area (Å²) < 4.78 is 11.7. The van der Waals surface area contributed by atoms with E-state index >= 15 is 0 Å². The molecule has 4 rings (SSSR count). The number of aromatic nitrogens is 1. The van der Waals surface area contributed by atoms with Crippen LogP contribution in [0.15, 0.2) is 59.1 Å². The van der Waals surface area contributed by atoms with E-state index in [4.69, 9.17) is 9.15 Å². The second kappa shape index (κ2) is 10.7. The van der Waals surface area contributed by atoms with Crippen LogP contribution in [-0.4, -0.2) is 53.4 Å². The Hall–Kier alpha value is -3.12. The first-order chi connectivity index (χ1) is 16.0. The summed E-state index contributed by atoms with van der Waals surface area (Å²) in [7, 11) is 1.88. The van der Waals surface area contributed by atoms with E-state index in [1.165, 1.54) is 5.56 Å². The number of likely N-dealkylation sites (tertiary alicyclic amines) is 1. The highest BCUT2D eigenvalue weighted by molar-refractivity contribution is 5.91. The fraction of sp³-hybridized carbons (Fsp3) is 0.407. The van der Waals surface area contributed by atoms with Crippen LogP contribution < -0.4 is 4.74 Å². The van der Waals surface area contributed by atoms with Crippen LogP contribution in [0, 0.1) is 13.8 Å². The van der Waals surface area contributed by atoms with E-state index in [9.17, 15) is 4.79 Å². The summed E-state index contributed by atoms with van der Waals surface area (Å²) in [5.74, 6) is 1.78. The van der Waals surface area contributed by atoms with Gasteiger partial charge in [0, 0.05) is 51.0 Å². The van der Waals surface area contributed by atoms with Crippen molar-refractivity contribution in [2.45, 2.75) is 45.8 Å². The van der Waals surface area contributed by atoms with Gasteiger partial charge in [-0.25, -0.2) is 0 Å². The van der Waals surface area contributed by atoms with E-state index in [1.807, 2.05) is 55.4 Å². The van der Waals surface area contributed by atoms with Crippen LogP contribution in [0.2, 0.25) is 0 Å².